The minimum absolute atomic E-state index is 0. The van der Waals surface area contributed by atoms with Crippen molar-refractivity contribution in [1.82, 2.24) is 15.5 Å². The predicted octanol–water partition coefficient (Wildman–Crippen LogP) is 1.38. The van der Waals surface area contributed by atoms with Crippen LogP contribution in [-0.4, -0.2) is 49.4 Å². The molecule has 0 aromatic rings. The first kappa shape index (κ1) is 18.7. The highest BCUT2D eigenvalue weighted by molar-refractivity contribution is 14.0. The molecular formula is C18H27IN4O2. The van der Waals surface area contributed by atoms with Crippen molar-refractivity contribution in [2.24, 2.45) is 34.6 Å². The zero-order valence-electron chi connectivity index (χ0n) is 14.6. The number of carbonyl (C=O) groups excluding carboxylic acids is 2. The van der Waals surface area contributed by atoms with Gasteiger partial charge in [0, 0.05) is 26.7 Å². The molecule has 2 N–H and O–H groups in total. The van der Waals surface area contributed by atoms with E-state index in [4.69, 9.17) is 0 Å². The number of nitrogens with one attached hydrogen (secondary N) is 2. The van der Waals surface area contributed by atoms with E-state index in [0.717, 1.165) is 24.8 Å². The minimum Gasteiger partial charge on any atom is -0.356 e. The van der Waals surface area contributed by atoms with E-state index < -0.39 is 0 Å². The maximum absolute atomic E-state index is 12.6. The van der Waals surface area contributed by atoms with Crippen LogP contribution in [0.5, 0.6) is 0 Å². The molecule has 3 aliphatic carbocycles. The third-order valence-corrected chi connectivity index (χ3v) is 5.96. The Balaban J connectivity index is 0.00000182. The van der Waals surface area contributed by atoms with Crippen LogP contribution in [0.3, 0.4) is 0 Å². The van der Waals surface area contributed by atoms with Crippen molar-refractivity contribution < 1.29 is 9.59 Å². The Kier molecular flexibility index (Phi) is 5.70. The molecule has 4 unspecified atom stereocenters. The van der Waals surface area contributed by atoms with E-state index in [1.165, 1.54) is 24.2 Å². The van der Waals surface area contributed by atoms with E-state index >= 15 is 0 Å². The summed E-state index contributed by atoms with van der Waals surface area (Å²) in [5, 5.41) is 6.51. The lowest BCUT2D eigenvalue weighted by Gasteiger charge is -2.18. The Morgan fingerprint density at radius 3 is 2.28 bits per heavy atom. The maximum atomic E-state index is 12.6. The van der Waals surface area contributed by atoms with Gasteiger partial charge in [-0.2, -0.15) is 0 Å². The largest absolute Gasteiger partial charge is 0.356 e. The van der Waals surface area contributed by atoms with Crippen molar-refractivity contribution >= 4 is 41.8 Å². The van der Waals surface area contributed by atoms with E-state index in [-0.39, 0.29) is 59.5 Å². The Morgan fingerprint density at radius 2 is 1.72 bits per heavy atom. The number of nitrogens with zero attached hydrogens (tertiary/aromatic N) is 2. The lowest BCUT2D eigenvalue weighted by atomic mass is 9.85. The van der Waals surface area contributed by atoms with Crippen molar-refractivity contribution in [1.29, 1.82) is 0 Å². The lowest BCUT2D eigenvalue weighted by molar-refractivity contribution is -0.140. The van der Waals surface area contributed by atoms with Gasteiger partial charge in [-0.3, -0.25) is 19.5 Å². The SMILES string of the molecule is CN=C(NCCC1CC1)NCCN1C(=O)C2C3C=CC(C3)C2C1=O.I. The first-order chi connectivity index (χ1) is 11.7. The van der Waals surface area contributed by atoms with E-state index in [9.17, 15) is 9.59 Å². The number of guanidine groups is 1. The standard InChI is InChI=1S/C18H26N4O2.HI/c1-19-18(20-7-6-11-2-3-11)21-8-9-22-16(23)14-12-4-5-13(10-12)15(14)17(22)24;/h4-5,11-15H,2-3,6-10H2,1H3,(H2,19,20,21);1H. The van der Waals surface area contributed by atoms with Gasteiger partial charge in [-0.1, -0.05) is 25.0 Å². The molecule has 2 bridgehead atoms. The fourth-order valence-corrected chi connectivity index (χ4v) is 4.49. The predicted molar refractivity (Wildman–Crippen MR) is 107 cm³/mol. The summed E-state index contributed by atoms with van der Waals surface area (Å²) >= 11 is 0. The van der Waals surface area contributed by atoms with Crippen LogP contribution in [0.4, 0.5) is 0 Å². The maximum Gasteiger partial charge on any atom is 0.233 e. The third kappa shape index (κ3) is 3.57. The molecule has 4 atom stereocenters. The first-order valence-corrected chi connectivity index (χ1v) is 9.17. The van der Waals surface area contributed by atoms with Crippen molar-refractivity contribution in [3.05, 3.63) is 12.2 Å². The summed E-state index contributed by atoms with van der Waals surface area (Å²) in [7, 11) is 1.74. The molecule has 7 heteroatoms. The lowest BCUT2D eigenvalue weighted by Crippen LogP contribution is -2.44. The highest BCUT2D eigenvalue weighted by Gasteiger charge is 2.58. The van der Waals surface area contributed by atoms with Crippen molar-refractivity contribution in [2.45, 2.75) is 25.7 Å². The fourth-order valence-electron chi connectivity index (χ4n) is 4.49. The summed E-state index contributed by atoms with van der Waals surface area (Å²) in [5.74, 6) is 2.07. The second-order valence-electron chi connectivity index (χ2n) is 7.49. The normalized spacial score (nSPS) is 32.8. The van der Waals surface area contributed by atoms with Crippen molar-refractivity contribution in [3.63, 3.8) is 0 Å². The van der Waals surface area contributed by atoms with Gasteiger partial charge in [-0.05, 0) is 30.6 Å². The van der Waals surface area contributed by atoms with Crippen LogP contribution in [0.2, 0.25) is 0 Å². The zero-order chi connectivity index (χ0) is 16.7. The molecule has 3 fully saturated rings. The van der Waals surface area contributed by atoms with Crippen LogP contribution in [0, 0.1) is 29.6 Å². The molecule has 1 aliphatic heterocycles. The van der Waals surface area contributed by atoms with Gasteiger partial charge >= 0.3 is 0 Å². The first-order valence-electron chi connectivity index (χ1n) is 9.17. The van der Waals surface area contributed by atoms with Gasteiger partial charge in [0.1, 0.15) is 0 Å². The molecule has 1 heterocycles. The second-order valence-corrected chi connectivity index (χ2v) is 7.49. The molecule has 0 spiro atoms. The molecule has 4 aliphatic rings. The second kappa shape index (κ2) is 7.63. The smallest absolute Gasteiger partial charge is 0.233 e. The fraction of sp³-hybridized carbons (Fsp3) is 0.722. The highest BCUT2D eigenvalue weighted by Crippen LogP contribution is 2.52. The molecule has 6 nitrogen and oxygen atoms in total. The van der Waals surface area contributed by atoms with Crippen LogP contribution in [0.1, 0.15) is 25.7 Å². The average Bonchev–Trinajstić information content (AvgIpc) is 3.08. The summed E-state index contributed by atoms with van der Waals surface area (Å²) in [6.07, 6.45) is 9.13. The van der Waals surface area contributed by atoms with Crippen LogP contribution >= 0.6 is 24.0 Å². The van der Waals surface area contributed by atoms with Gasteiger partial charge in [0.2, 0.25) is 11.8 Å². The van der Waals surface area contributed by atoms with Crippen LogP contribution in [-0.2, 0) is 9.59 Å². The number of hydrogen-bond donors (Lipinski definition) is 2. The Morgan fingerprint density at radius 1 is 1.12 bits per heavy atom. The molecule has 2 amide bonds. The molecule has 4 rings (SSSR count). The van der Waals surface area contributed by atoms with E-state index in [0.29, 0.717) is 13.1 Å². The van der Waals surface area contributed by atoms with Crippen molar-refractivity contribution in [3.8, 4) is 0 Å². The molecular weight excluding hydrogens is 431 g/mol. The summed E-state index contributed by atoms with van der Waals surface area (Å²) in [4.78, 5) is 30.8. The molecule has 0 radical (unpaired) electrons. The summed E-state index contributed by atoms with van der Waals surface area (Å²) < 4.78 is 0. The quantitative estimate of drug-likeness (QED) is 0.208. The number of aliphatic imine (C=N–C) groups is 1. The van der Waals surface area contributed by atoms with E-state index in [1.54, 1.807) is 7.05 Å². The topological polar surface area (TPSA) is 73.8 Å². The van der Waals surface area contributed by atoms with E-state index in [2.05, 4.69) is 27.8 Å². The third-order valence-electron chi connectivity index (χ3n) is 5.96. The monoisotopic (exact) mass is 458 g/mol. The Labute approximate surface area is 165 Å². The number of hydrogen-bond acceptors (Lipinski definition) is 3. The number of likely N-dealkylation sites (tertiary alicyclic amines) is 1. The molecule has 0 aromatic heterocycles. The van der Waals surface area contributed by atoms with Crippen LogP contribution in [0.25, 0.3) is 0 Å². The number of fused-ring (bicyclic) bond motifs is 5. The molecule has 2 saturated carbocycles. The highest BCUT2D eigenvalue weighted by atomic mass is 127. The van der Waals surface area contributed by atoms with Crippen LogP contribution < -0.4 is 10.6 Å². The van der Waals surface area contributed by atoms with Gasteiger partial charge in [0.05, 0.1) is 11.8 Å². The number of imide groups is 1. The molecule has 0 aromatic carbocycles. The summed E-state index contributed by atoms with van der Waals surface area (Å²) in [6.45, 7) is 1.89. The molecule has 1 saturated heterocycles. The van der Waals surface area contributed by atoms with Gasteiger partial charge in [0.25, 0.3) is 0 Å². The molecule has 25 heavy (non-hydrogen) atoms. The number of amides is 2. The van der Waals surface area contributed by atoms with Gasteiger partial charge in [-0.25, -0.2) is 0 Å². The number of halogens is 1. The number of rotatable bonds is 6. The molecule has 138 valence electrons. The van der Waals surface area contributed by atoms with Crippen LogP contribution in [0.15, 0.2) is 17.1 Å². The Hall–Kier alpha value is -1.12. The Bertz CT molecular complexity index is 572. The van der Waals surface area contributed by atoms with Crippen molar-refractivity contribution in [2.75, 3.05) is 26.7 Å². The van der Waals surface area contributed by atoms with Gasteiger partial charge in [0.15, 0.2) is 5.96 Å². The van der Waals surface area contributed by atoms with Gasteiger partial charge in [-0.15, -0.1) is 24.0 Å². The van der Waals surface area contributed by atoms with E-state index in [1.807, 2.05) is 0 Å². The minimum atomic E-state index is -0.0940. The zero-order valence-corrected chi connectivity index (χ0v) is 16.9. The summed E-state index contributed by atoms with van der Waals surface area (Å²) in [6, 6.07) is 0. The van der Waals surface area contributed by atoms with Gasteiger partial charge < -0.3 is 10.6 Å². The number of carbonyl (C=O) groups is 2. The summed E-state index contributed by atoms with van der Waals surface area (Å²) in [5.41, 5.74) is 0. The number of allylic oxidation sites excluding steroid dienone is 2. The average molecular weight is 458 g/mol.